The minimum Gasteiger partial charge on any atom is -0.322 e. The number of anilines is 1. The molecule has 0 saturated heterocycles. The van der Waals surface area contributed by atoms with Crippen molar-refractivity contribution in [1.82, 2.24) is 4.40 Å². The molecule has 0 fully saturated rings. The van der Waals surface area contributed by atoms with Crippen molar-refractivity contribution >= 4 is 59.9 Å². The van der Waals surface area contributed by atoms with E-state index in [2.05, 4.69) is 85.6 Å². The quantitative estimate of drug-likeness (QED) is 0.397. The molecule has 0 spiro atoms. The third-order valence-electron chi connectivity index (χ3n) is 4.31. The van der Waals surface area contributed by atoms with Gasteiger partial charge in [-0.1, -0.05) is 36.4 Å². The first kappa shape index (κ1) is 11.4. The Morgan fingerprint density at radius 3 is 1.76 bits per heavy atom. The summed E-state index contributed by atoms with van der Waals surface area (Å²) in [5, 5.41) is 5.18. The minimum atomic E-state index is 1.08. The molecule has 5 aromatic rings. The first-order valence-electron chi connectivity index (χ1n) is 6.92. The van der Waals surface area contributed by atoms with Crippen LogP contribution in [0, 0.1) is 0 Å². The summed E-state index contributed by atoms with van der Waals surface area (Å²) < 4.78 is 5.49. The first-order chi connectivity index (χ1) is 10.4. The van der Waals surface area contributed by atoms with Crippen molar-refractivity contribution in [2.24, 2.45) is 0 Å². The van der Waals surface area contributed by atoms with Gasteiger partial charge in [0.25, 0.3) is 0 Å². The second-order valence-corrected chi connectivity index (χ2v) is 5.78. The molecule has 0 unspecified atom stereocenters. The lowest BCUT2D eigenvalue weighted by Gasteiger charge is -2.00. The summed E-state index contributed by atoms with van der Waals surface area (Å²) in [5.41, 5.74) is 4.93. The van der Waals surface area contributed by atoms with Crippen LogP contribution < -0.4 is 4.34 Å². The van der Waals surface area contributed by atoms with Gasteiger partial charge >= 0.3 is 0 Å². The number of hydrogen-bond acceptors (Lipinski definition) is 1. The number of nitrogens with zero attached hydrogens (tertiary/aromatic N) is 1. The van der Waals surface area contributed by atoms with Crippen LogP contribution >= 0.6 is 16.1 Å². The standard InChI is InChI=1S/C18H11BrN2/c19-20-11-9-14-12-5-1-3-7-16(12)21-17-8-4-2-6-13(17)15(10-11)18(14)21/h1-10,20H. The van der Waals surface area contributed by atoms with E-state index in [0.29, 0.717) is 0 Å². The number of aromatic nitrogens is 1. The van der Waals surface area contributed by atoms with Gasteiger partial charge in [0, 0.05) is 43.4 Å². The normalized spacial score (nSPS) is 12.0. The smallest absolute Gasteiger partial charge is 0.0622 e. The lowest BCUT2D eigenvalue weighted by atomic mass is 10.1. The largest absolute Gasteiger partial charge is 0.322 e. The number of para-hydroxylation sites is 2. The molecular weight excluding hydrogens is 324 g/mol. The fraction of sp³-hybridized carbons (Fsp3) is 0. The Bertz CT molecular complexity index is 1040. The second-order valence-electron chi connectivity index (χ2n) is 5.38. The van der Waals surface area contributed by atoms with Crippen molar-refractivity contribution < 1.29 is 0 Å². The van der Waals surface area contributed by atoms with E-state index in [1.54, 1.807) is 0 Å². The molecule has 0 atom stereocenters. The summed E-state index contributed by atoms with van der Waals surface area (Å²) in [6.07, 6.45) is 0. The van der Waals surface area contributed by atoms with E-state index in [4.69, 9.17) is 0 Å². The third kappa shape index (κ3) is 1.32. The molecule has 2 nitrogen and oxygen atoms in total. The molecule has 100 valence electrons. The van der Waals surface area contributed by atoms with Gasteiger partial charge in [0.15, 0.2) is 0 Å². The zero-order valence-corrected chi connectivity index (χ0v) is 12.7. The topological polar surface area (TPSA) is 16.4 Å². The fourth-order valence-electron chi connectivity index (χ4n) is 3.50. The van der Waals surface area contributed by atoms with E-state index < -0.39 is 0 Å². The number of rotatable bonds is 1. The van der Waals surface area contributed by atoms with Crippen LogP contribution in [-0.4, -0.2) is 4.40 Å². The molecule has 0 amide bonds. The Labute approximate surface area is 129 Å². The molecule has 3 heteroatoms. The molecule has 0 aliphatic heterocycles. The third-order valence-corrected chi connectivity index (χ3v) is 4.77. The monoisotopic (exact) mass is 334 g/mol. The van der Waals surface area contributed by atoms with Crippen LogP contribution in [-0.2, 0) is 0 Å². The molecule has 0 saturated carbocycles. The Kier molecular flexibility index (Phi) is 2.11. The molecule has 0 bridgehead atoms. The van der Waals surface area contributed by atoms with E-state index in [1.165, 1.54) is 38.1 Å². The van der Waals surface area contributed by atoms with Gasteiger partial charge in [-0.25, -0.2) is 0 Å². The van der Waals surface area contributed by atoms with Crippen LogP contribution in [0.1, 0.15) is 0 Å². The van der Waals surface area contributed by atoms with Gasteiger partial charge in [-0.2, -0.15) is 0 Å². The highest BCUT2D eigenvalue weighted by Gasteiger charge is 2.17. The van der Waals surface area contributed by atoms with E-state index >= 15 is 0 Å². The van der Waals surface area contributed by atoms with Crippen LogP contribution in [0.25, 0.3) is 38.1 Å². The Balaban J connectivity index is 2.24. The predicted molar refractivity (Wildman–Crippen MR) is 93.7 cm³/mol. The van der Waals surface area contributed by atoms with E-state index in [0.717, 1.165) is 5.69 Å². The molecular formula is C18H11BrN2. The molecule has 2 heterocycles. The molecule has 0 aliphatic carbocycles. The summed E-state index contributed by atoms with van der Waals surface area (Å²) in [4.78, 5) is 0. The van der Waals surface area contributed by atoms with Crippen LogP contribution in [0.3, 0.4) is 0 Å². The Morgan fingerprint density at radius 1 is 0.714 bits per heavy atom. The summed E-state index contributed by atoms with van der Waals surface area (Å²) in [6.45, 7) is 0. The number of hydrogen-bond donors (Lipinski definition) is 1. The van der Waals surface area contributed by atoms with Crippen molar-refractivity contribution in [2.75, 3.05) is 4.34 Å². The number of nitrogens with one attached hydrogen (secondary N) is 1. The SMILES string of the molecule is BrNc1cc2c3ccccc3n3c4ccccc4c(c1)c23. The molecule has 0 radical (unpaired) electrons. The number of fused-ring (bicyclic) bond motifs is 6. The van der Waals surface area contributed by atoms with Crippen molar-refractivity contribution in [3.63, 3.8) is 0 Å². The van der Waals surface area contributed by atoms with E-state index in [-0.39, 0.29) is 0 Å². The number of halogens is 1. The highest BCUT2D eigenvalue weighted by Crippen LogP contribution is 2.40. The van der Waals surface area contributed by atoms with Gasteiger partial charge in [-0.3, -0.25) is 0 Å². The van der Waals surface area contributed by atoms with E-state index in [9.17, 15) is 0 Å². The second kappa shape index (κ2) is 3.89. The van der Waals surface area contributed by atoms with Crippen molar-refractivity contribution in [1.29, 1.82) is 0 Å². The maximum absolute atomic E-state index is 3.36. The Hall–Kier alpha value is -2.26. The average Bonchev–Trinajstić information content (AvgIpc) is 3.05. The van der Waals surface area contributed by atoms with Crippen molar-refractivity contribution in [3.8, 4) is 0 Å². The lowest BCUT2D eigenvalue weighted by Crippen LogP contribution is -1.79. The fourth-order valence-corrected chi connectivity index (χ4v) is 3.73. The molecule has 3 aromatic carbocycles. The van der Waals surface area contributed by atoms with Gasteiger partial charge in [-0.05, 0) is 24.3 Å². The Morgan fingerprint density at radius 2 is 1.24 bits per heavy atom. The van der Waals surface area contributed by atoms with Crippen molar-refractivity contribution in [2.45, 2.75) is 0 Å². The highest BCUT2D eigenvalue weighted by atomic mass is 79.9. The minimum absolute atomic E-state index is 1.08. The van der Waals surface area contributed by atoms with Crippen LogP contribution in [0.2, 0.25) is 0 Å². The highest BCUT2D eigenvalue weighted by molar-refractivity contribution is 9.10. The lowest BCUT2D eigenvalue weighted by molar-refractivity contribution is 1.37. The zero-order valence-electron chi connectivity index (χ0n) is 11.1. The van der Waals surface area contributed by atoms with Gasteiger partial charge in [0.1, 0.15) is 0 Å². The maximum Gasteiger partial charge on any atom is 0.0622 e. The van der Waals surface area contributed by atoms with Gasteiger partial charge in [0.05, 0.1) is 16.6 Å². The molecule has 5 rings (SSSR count). The van der Waals surface area contributed by atoms with Gasteiger partial charge < -0.3 is 8.74 Å². The van der Waals surface area contributed by atoms with Gasteiger partial charge in [0.2, 0.25) is 0 Å². The zero-order chi connectivity index (χ0) is 14.0. The molecule has 1 N–H and O–H groups in total. The summed E-state index contributed by atoms with van der Waals surface area (Å²) in [7, 11) is 0. The first-order valence-corrected chi connectivity index (χ1v) is 7.71. The molecule has 21 heavy (non-hydrogen) atoms. The average molecular weight is 335 g/mol. The molecule has 2 aromatic heterocycles. The van der Waals surface area contributed by atoms with Gasteiger partial charge in [-0.15, -0.1) is 0 Å². The van der Waals surface area contributed by atoms with Crippen LogP contribution in [0.15, 0.2) is 60.7 Å². The maximum atomic E-state index is 3.36. The number of benzene rings is 3. The van der Waals surface area contributed by atoms with Crippen LogP contribution in [0.5, 0.6) is 0 Å². The van der Waals surface area contributed by atoms with Crippen molar-refractivity contribution in [3.05, 3.63) is 60.7 Å². The summed E-state index contributed by atoms with van der Waals surface area (Å²) in [6, 6.07) is 21.6. The van der Waals surface area contributed by atoms with Crippen LogP contribution in [0.4, 0.5) is 5.69 Å². The summed E-state index contributed by atoms with van der Waals surface area (Å²) in [5.74, 6) is 0. The molecule has 0 aliphatic rings. The predicted octanol–water partition coefficient (Wildman–Crippen LogP) is 5.56. The van der Waals surface area contributed by atoms with E-state index in [1.807, 2.05) is 0 Å². The summed E-state index contributed by atoms with van der Waals surface area (Å²) >= 11 is 3.36.